The molecular weight excluding hydrogens is 191 g/mol. The zero-order valence-electron chi connectivity index (χ0n) is 9.26. The normalized spacial score (nSPS) is 21.8. The smallest absolute Gasteiger partial charge is 0.146 e. The zero-order valence-corrected chi connectivity index (χ0v) is 9.26. The Bertz CT molecular complexity index is 351. The van der Waals surface area contributed by atoms with Gasteiger partial charge in [-0.15, -0.1) is 0 Å². The summed E-state index contributed by atoms with van der Waals surface area (Å²) in [5, 5.41) is 3.30. The van der Waals surface area contributed by atoms with Crippen LogP contribution in [0.5, 0.6) is 0 Å². The minimum Gasteiger partial charge on any atom is -0.364 e. The predicted octanol–water partition coefficient (Wildman–Crippen LogP) is 1.93. The van der Waals surface area contributed by atoms with E-state index in [1.807, 2.05) is 19.1 Å². The zero-order chi connectivity index (χ0) is 10.8. The van der Waals surface area contributed by atoms with Gasteiger partial charge in [0.15, 0.2) is 0 Å². The molecule has 1 atom stereocenters. The van der Waals surface area contributed by atoms with Crippen molar-refractivity contribution in [3.8, 4) is 0 Å². The number of piperazine rings is 1. The number of hydrogen-bond acceptors (Lipinski definition) is 2. The van der Waals surface area contributed by atoms with Gasteiger partial charge in [-0.2, -0.15) is 0 Å². The lowest BCUT2D eigenvalue weighted by Gasteiger charge is -2.36. The number of anilines is 1. The van der Waals surface area contributed by atoms with E-state index in [1.165, 1.54) is 0 Å². The molecule has 1 aliphatic rings. The van der Waals surface area contributed by atoms with Crippen molar-refractivity contribution in [2.24, 2.45) is 0 Å². The van der Waals surface area contributed by atoms with Crippen LogP contribution in [-0.2, 0) is 0 Å². The van der Waals surface area contributed by atoms with Crippen molar-refractivity contribution >= 4 is 5.69 Å². The number of halogens is 1. The van der Waals surface area contributed by atoms with Gasteiger partial charge < -0.3 is 10.2 Å². The molecule has 0 saturated carbocycles. The van der Waals surface area contributed by atoms with Crippen LogP contribution in [0.4, 0.5) is 10.1 Å². The maximum atomic E-state index is 13.7. The van der Waals surface area contributed by atoms with E-state index < -0.39 is 0 Å². The molecule has 2 nitrogen and oxygen atoms in total. The third-order valence-corrected chi connectivity index (χ3v) is 2.91. The van der Waals surface area contributed by atoms with Crippen LogP contribution in [0, 0.1) is 12.7 Å². The molecule has 1 heterocycles. The summed E-state index contributed by atoms with van der Waals surface area (Å²) >= 11 is 0. The van der Waals surface area contributed by atoms with Crippen molar-refractivity contribution in [3.63, 3.8) is 0 Å². The summed E-state index contributed by atoms with van der Waals surface area (Å²) in [6.45, 7) is 6.76. The van der Waals surface area contributed by atoms with Gasteiger partial charge in [-0.3, -0.25) is 0 Å². The second-order valence-corrected chi connectivity index (χ2v) is 4.20. The van der Waals surface area contributed by atoms with Crippen LogP contribution in [0.2, 0.25) is 0 Å². The molecule has 1 aromatic carbocycles. The lowest BCUT2D eigenvalue weighted by atomic mass is 10.1. The van der Waals surface area contributed by atoms with E-state index in [-0.39, 0.29) is 5.82 Å². The second kappa shape index (κ2) is 4.19. The lowest BCUT2D eigenvalue weighted by Crippen LogP contribution is -2.50. The minimum atomic E-state index is -0.108. The minimum absolute atomic E-state index is 0.108. The van der Waals surface area contributed by atoms with Crippen LogP contribution in [0.25, 0.3) is 0 Å². The van der Waals surface area contributed by atoms with Gasteiger partial charge in [0.1, 0.15) is 5.82 Å². The number of rotatable bonds is 1. The summed E-state index contributed by atoms with van der Waals surface area (Å²) in [5.74, 6) is -0.108. The highest BCUT2D eigenvalue weighted by molar-refractivity contribution is 5.50. The summed E-state index contributed by atoms with van der Waals surface area (Å²) in [6, 6.07) is 5.81. The van der Waals surface area contributed by atoms with Crippen LogP contribution in [0.15, 0.2) is 18.2 Å². The maximum absolute atomic E-state index is 13.7. The fourth-order valence-corrected chi connectivity index (χ4v) is 2.04. The van der Waals surface area contributed by atoms with Crippen molar-refractivity contribution in [1.82, 2.24) is 5.32 Å². The van der Waals surface area contributed by atoms with Gasteiger partial charge in [0.2, 0.25) is 0 Å². The Labute approximate surface area is 90.1 Å². The molecule has 0 radical (unpaired) electrons. The SMILES string of the molecule is Cc1ccc(N2CCNC[C@H]2C)c(F)c1. The average Bonchev–Trinajstić information content (AvgIpc) is 2.20. The number of nitrogens with one attached hydrogen (secondary N) is 1. The van der Waals surface area contributed by atoms with E-state index in [0.717, 1.165) is 30.9 Å². The van der Waals surface area contributed by atoms with Gasteiger partial charge in [-0.25, -0.2) is 4.39 Å². The van der Waals surface area contributed by atoms with Crippen molar-refractivity contribution in [3.05, 3.63) is 29.6 Å². The lowest BCUT2D eigenvalue weighted by molar-refractivity contribution is 0.491. The Hall–Kier alpha value is -1.09. The highest BCUT2D eigenvalue weighted by Gasteiger charge is 2.20. The van der Waals surface area contributed by atoms with Crippen LogP contribution in [-0.4, -0.2) is 25.7 Å². The van der Waals surface area contributed by atoms with Gasteiger partial charge in [-0.05, 0) is 31.5 Å². The maximum Gasteiger partial charge on any atom is 0.146 e. The Morgan fingerprint density at radius 1 is 1.47 bits per heavy atom. The van der Waals surface area contributed by atoms with Crippen LogP contribution >= 0.6 is 0 Å². The van der Waals surface area contributed by atoms with Crippen molar-refractivity contribution in [2.75, 3.05) is 24.5 Å². The Morgan fingerprint density at radius 2 is 2.27 bits per heavy atom. The van der Waals surface area contributed by atoms with E-state index >= 15 is 0 Å². The van der Waals surface area contributed by atoms with Crippen LogP contribution in [0.1, 0.15) is 12.5 Å². The first-order chi connectivity index (χ1) is 7.18. The Balaban J connectivity index is 2.27. The van der Waals surface area contributed by atoms with Crippen molar-refractivity contribution in [2.45, 2.75) is 19.9 Å². The van der Waals surface area contributed by atoms with Crippen LogP contribution < -0.4 is 10.2 Å². The molecule has 0 amide bonds. The standard InChI is InChI=1S/C12H17FN2/c1-9-3-4-12(11(13)7-9)15-6-5-14-8-10(15)2/h3-4,7,10,14H,5-6,8H2,1-2H3/t10-/m1/s1. The molecule has 1 aromatic rings. The number of benzene rings is 1. The highest BCUT2D eigenvalue weighted by Crippen LogP contribution is 2.22. The second-order valence-electron chi connectivity index (χ2n) is 4.20. The van der Waals surface area contributed by atoms with E-state index in [2.05, 4.69) is 17.1 Å². The molecular formula is C12H17FN2. The van der Waals surface area contributed by atoms with Gasteiger partial charge in [0, 0.05) is 25.7 Å². The summed E-state index contributed by atoms with van der Waals surface area (Å²) in [6.07, 6.45) is 0. The topological polar surface area (TPSA) is 15.3 Å². The van der Waals surface area contributed by atoms with E-state index in [1.54, 1.807) is 6.07 Å². The monoisotopic (exact) mass is 208 g/mol. The summed E-state index contributed by atoms with van der Waals surface area (Å²) in [4.78, 5) is 2.13. The fourth-order valence-electron chi connectivity index (χ4n) is 2.04. The third kappa shape index (κ3) is 2.12. The molecule has 1 saturated heterocycles. The van der Waals surface area contributed by atoms with Crippen LogP contribution in [0.3, 0.4) is 0 Å². The number of hydrogen-bond donors (Lipinski definition) is 1. The van der Waals surface area contributed by atoms with Crippen molar-refractivity contribution < 1.29 is 4.39 Å². The van der Waals surface area contributed by atoms with E-state index in [0.29, 0.717) is 6.04 Å². The van der Waals surface area contributed by atoms with Gasteiger partial charge in [0.05, 0.1) is 5.69 Å². The van der Waals surface area contributed by atoms with Gasteiger partial charge in [0.25, 0.3) is 0 Å². The van der Waals surface area contributed by atoms with Crippen molar-refractivity contribution in [1.29, 1.82) is 0 Å². The first kappa shape index (κ1) is 10.4. The Kier molecular flexibility index (Phi) is 2.91. The number of nitrogens with zero attached hydrogens (tertiary/aromatic N) is 1. The van der Waals surface area contributed by atoms with Gasteiger partial charge >= 0.3 is 0 Å². The molecule has 82 valence electrons. The fraction of sp³-hybridized carbons (Fsp3) is 0.500. The molecule has 2 rings (SSSR count). The summed E-state index contributed by atoms with van der Waals surface area (Å²) < 4.78 is 13.7. The first-order valence-corrected chi connectivity index (χ1v) is 5.42. The van der Waals surface area contributed by atoms with Gasteiger partial charge in [-0.1, -0.05) is 6.07 Å². The molecule has 1 aliphatic heterocycles. The summed E-state index contributed by atoms with van der Waals surface area (Å²) in [5.41, 5.74) is 1.70. The molecule has 0 spiro atoms. The third-order valence-electron chi connectivity index (χ3n) is 2.91. The largest absolute Gasteiger partial charge is 0.364 e. The average molecular weight is 208 g/mol. The molecule has 3 heteroatoms. The molecule has 1 N–H and O–H groups in total. The molecule has 1 fully saturated rings. The molecule has 0 bridgehead atoms. The first-order valence-electron chi connectivity index (χ1n) is 5.42. The van der Waals surface area contributed by atoms with E-state index in [4.69, 9.17) is 0 Å². The molecule has 15 heavy (non-hydrogen) atoms. The Morgan fingerprint density at radius 3 is 2.93 bits per heavy atom. The number of aryl methyl sites for hydroxylation is 1. The quantitative estimate of drug-likeness (QED) is 0.758. The molecule has 0 aromatic heterocycles. The molecule has 0 aliphatic carbocycles. The molecule has 0 unspecified atom stereocenters. The summed E-state index contributed by atoms with van der Waals surface area (Å²) in [7, 11) is 0. The highest BCUT2D eigenvalue weighted by atomic mass is 19.1. The van der Waals surface area contributed by atoms with E-state index in [9.17, 15) is 4.39 Å². The predicted molar refractivity (Wildman–Crippen MR) is 60.8 cm³/mol.